The summed E-state index contributed by atoms with van der Waals surface area (Å²) in [5.74, 6) is 0.518. The average molecular weight is 368 g/mol. The number of ether oxygens (including phenoxy) is 1. The fourth-order valence-electron chi connectivity index (χ4n) is 3.95. The van der Waals surface area contributed by atoms with Gasteiger partial charge in [-0.25, -0.2) is 0 Å². The van der Waals surface area contributed by atoms with E-state index >= 15 is 0 Å². The molecule has 0 radical (unpaired) electrons. The van der Waals surface area contributed by atoms with Crippen LogP contribution in [0.15, 0.2) is 0 Å². The Balaban J connectivity index is 1.80. The van der Waals surface area contributed by atoms with E-state index in [9.17, 15) is 9.59 Å². The first-order chi connectivity index (χ1) is 12.6. The third-order valence-corrected chi connectivity index (χ3v) is 5.83. The molecule has 2 aliphatic heterocycles. The fraction of sp³-hybridized carbons (Fsp3) is 0.900. The largest absolute Gasteiger partial charge is 0.378 e. The van der Waals surface area contributed by atoms with Crippen LogP contribution in [0.1, 0.15) is 59.3 Å². The summed E-state index contributed by atoms with van der Waals surface area (Å²) in [6.07, 6.45) is 5.75. The van der Waals surface area contributed by atoms with Gasteiger partial charge in [0, 0.05) is 31.6 Å². The summed E-state index contributed by atoms with van der Waals surface area (Å²) in [6.45, 7) is 10.8. The summed E-state index contributed by atoms with van der Waals surface area (Å²) in [6, 6.07) is 0.00253. The Morgan fingerprint density at radius 2 is 1.81 bits per heavy atom. The summed E-state index contributed by atoms with van der Waals surface area (Å²) in [5, 5.41) is 3.21. The van der Waals surface area contributed by atoms with Gasteiger partial charge in [-0.05, 0) is 38.6 Å². The van der Waals surface area contributed by atoms with E-state index in [4.69, 9.17) is 4.74 Å². The van der Waals surface area contributed by atoms with Gasteiger partial charge in [0.1, 0.15) is 6.04 Å². The average Bonchev–Trinajstić information content (AvgIpc) is 2.68. The Kier molecular flexibility index (Phi) is 8.85. The smallest absolute Gasteiger partial charge is 0.239 e. The molecule has 0 spiro atoms. The Labute approximate surface area is 158 Å². The predicted octanol–water partition coefficient (Wildman–Crippen LogP) is 2.03. The zero-order valence-electron chi connectivity index (χ0n) is 16.8. The van der Waals surface area contributed by atoms with Gasteiger partial charge in [0.2, 0.25) is 11.8 Å². The Hall–Kier alpha value is -1.14. The van der Waals surface area contributed by atoms with Crippen molar-refractivity contribution < 1.29 is 14.3 Å². The van der Waals surface area contributed by atoms with Crippen molar-refractivity contribution >= 4 is 11.8 Å². The van der Waals surface area contributed by atoms with Crippen LogP contribution >= 0.6 is 0 Å². The number of hydrogen-bond acceptors (Lipinski definition) is 4. The molecule has 0 aliphatic carbocycles. The van der Waals surface area contributed by atoms with Crippen molar-refractivity contribution in [2.24, 2.45) is 5.92 Å². The van der Waals surface area contributed by atoms with Crippen LogP contribution in [0, 0.1) is 5.92 Å². The first-order valence-electron chi connectivity index (χ1n) is 10.5. The van der Waals surface area contributed by atoms with Crippen molar-refractivity contribution in [3.05, 3.63) is 0 Å². The third-order valence-electron chi connectivity index (χ3n) is 5.83. The maximum Gasteiger partial charge on any atom is 0.239 e. The molecule has 2 amide bonds. The van der Waals surface area contributed by atoms with Crippen molar-refractivity contribution in [3.8, 4) is 0 Å². The molecule has 26 heavy (non-hydrogen) atoms. The van der Waals surface area contributed by atoms with E-state index in [1.165, 1.54) is 0 Å². The number of carbonyl (C=O) groups is 2. The number of likely N-dealkylation sites (tertiary alicyclic amines) is 1. The van der Waals surface area contributed by atoms with Crippen LogP contribution in [0.3, 0.4) is 0 Å². The molecule has 2 aliphatic rings. The number of nitrogens with zero attached hydrogens (tertiary/aromatic N) is 2. The number of carbonyl (C=O) groups excluding carboxylic acids is 2. The van der Waals surface area contributed by atoms with Crippen molar-refractivity contribution in [1.29, 1.82) is 0 Å². The van der Waals surface area contributed by atoms with Crippen LogP contribution in [0.5, 0.6) is 0 Å². The molecule has 1 atom stereocenters. The van der Waals surface area contributed by atoms with Gasteiger partial charge in [-0.1, -0.05) is 27.2 Å². The third kappa shape index (κ3) is 5.68. The monoisotopic (exact) mass is 367 g/mol. The minimum Gasteiger partial charge on any atom is -0.378 e. The van der Waals surface area contributed by atoms with Crippen LogP contribution in [-0.4, -0.2) is 73.1 Å². The van der Waals surface area contributed by atoms with E-state index in [1.54, 1.807) is 0 Å². The maximum absolute atomic E-state index is 12.7. The van der Waals surface area contributed by atoms with Gasteiger partial charge < -0.3 is 15.0 Å². The highest BCUT2D eigenvalue weighted by atomic mass is 16.5. The highest BCUT2D eigenvalue weighted by molar-refractivity contribution is 5.82. The van der Waals surface area contributed by atoms with Crippen molar-refractivity contribution in [2.45, 2.75) is 71.4 Å². The molecule has 1 unspecified atom stereocenters. The number of amides is 2. The molecular formula is C20H37N3O3. The molecule has 0 saturated carbocycles. The molecule has 2 heterocycles. The highest BCUT2D eigenvalue weighted by Gasteiger charge is 2.32. The number of hydrogen-bond donors (Lipinski definition) is 1. The van der Waals surface area contributed by atoms with E-state index in [0.717, 1.165) is 64.7 Å². The summed E-state index contributed by atoms with van der Waals surface area (Å²) in [4.78, 5) is 29.5. The fourth-order valence-corrected chi connectivity index (χ4v) is 3.95. The zero-order chi connectivity index (χ0) is 18.9. The second kappa shape index (κ2) is 10.9. The van der Waals surface area contributed by atoms with Gasteiger partial charge in [0.25, 0.3) is 0 Å². The second-order valence-corrected chi connectivity index (χ2v) is 7.60. The Morgan fingerprint density at radius 1 is 1.12 bits per heavy atom. The number of piperidine rings is 1. The topological polar surface area (TPSA) is 61.9 Å². The lowest BCUT2D eigenvalue weighted by atomic mass is 9.98. The lowest BCUT2D eigenvalue weighted by Crippen LogP contribution is -2.57. The second-order valence-electron chi connectivity index (χ2n) is 7.60. The van der Waals surface area contributed by atoms with Crippen LogP contribution in [0.2, 0.25) is 0 Å². The summed E-state index contributed by atoms with van der Waals surface area (Å²) >= 11 is 0. The summed E-state index contributed by atoms with van der Waals surface area (Å²) < 4.78 is 5.55. The first kappa shape index (κ1) is 21.2. The quantitative estimate of drug-likeness (QED) is 0.713. The van der Waals surface area contributed by atoms with E-state index in [1.807, 2.05) is 4.90 Å². The van der Waals surface area contributed by atoms with E-state index < -0.39 is 0 Å². The molecule has 2 rings (SSSR count). The Morgan fingerprint density at radius 3 is 2.42 bits per heavy atom. The lowest BCUT2D eigenvalue weighted by Gasteiger charge is -2.37. The van der Waals surface area contributed by atoms with Gasteiger partial charge in [-0.3, -0.25) is 14.5 Å². The van der Waals surface area contributed by atoms with Crippen LogP contribution < -0.4 is 5.32 Å². The predicted molar refractivity (Wildman–Crippen MR) is 103 cm³/mol. The molecule has 6 nitrogen and oxygen atoms in total. The minimum atomic E-state index is -0.167. The SMILES string of the molecule is CCCCN1CCOCC1C(=O)NC1CCN(C(=O)C(CC)CC)CC1. The van der Waals surface area contributed by atoms with Crippen LogP contribution in [0.4, 0.5) is 0 Å². The summed E-state index contributed by atoms with van der Waals surface area (Å²) in [7, 11) is 0. The van der Waals surface area contributed by atoms with Crippen LogP contribution in [-0.2, 0) is 14.3 Å². The molecular weight excluding hydrogens is 330 g/mol. The minimum absolute atomic E-state index is 0.0885. The maximum atomic E-state index is 12.7. The van der Waals surface area contributed by atoms with Crippen molar-refractivity contribution in [3.63, 3.8) is 0 Å². The van der Waals surface area contributed by atoms with Gasteiger partial charge in [0.05, 0.1) is 13.2 Å². The van der Waals surface area contributed by atoms with Crippen molar-refractivity contribution in [1.82, 2.24) is 15.1 Å². The van der Waals surface area contributed by atoms with Gasteiger partial charge >= 0.3 is 0 Å². The normalized spacial score (nSPS) is 22.6. The molecule has 2 fully saturated rings. The number of nitrogens with one attached hydrogen (secondary N) is 1. The highest BCUT2D eigenvalue weighted by Crippen LogP contribution is 2.18. The Bertz CT molecular complexity index is 446. The van der Waals surface area contributed by atoms with E-state index in [2.05, 4.69) is 31.0 Å². The van der Waals surface area contributed by atoms with Crippen LogP contribution in [0.25, 0.3) is 0 Å². The zero-order valence-corrected chi connectivity index (χ0v) is 16.8. The number of morpholine rings is 1. The molecule has 0 aromatic rings. The van der Waals surface area contributed by atoms with E-state index in [-0.39, 0.29) is 29.8 Å². The molecule has 0 bridgehead atoms. The number of rotatable bonds is 8. The first-order valence-corrected chi connectivity index (χ1v) is 10.5. The number of unbranched alkanes of at least 4 members (excludes halogenated alkanes) is 1. The molecule has 150 valence electrons. The van der Waals surface area contributed by atoms with Gasteiger partial charge in [-0.2, -0.15) is 0 Å². The summed E-state index contributed by atoms with van der Waals surface area (Å²) in [5.41, 5.74) is 0. The van der Waals surface area contributed by atoms with E-state index in [0.29, 0.717) is 13.2 Å². The standard InChI is InChI=1S/C20H37N3O3/c1-4-7-10-22-13-14-26-15-18(22)19(24)21-17-8-11-23(12-9-17)20(25)16(5-2)6-3/h16-18H,4-15H2,1-3H3,(H,21,24). The molecule has 1 N–H and O–H groups in total. The molecule has 6 heteroatoms. The van der Waals surface area contributed by atoms with Gasteiger partial charge in [0.15, 0.2) is 0 Å². The molecule has 0 aromatic heterocycles. The molecule has 2 saturated heterocycles. The lowest BCUT2D eigenvalue weighted by molar-refractivity contribution is -0.137. The van der Waals surface area contributed by atoms with Crippen molar-refractivity contribution in [2.75, 3.05) is 39.4 Å². The molecule has 0 aromatic carbocycles. The van der Waals surface area contributed by atoms with Gasteiger partial charge in [-0.15, -0.1) is 0 Å².